The van der Waals surface area contributed by atoms with Crippen LogP contribution in [-0.2, 0) is 42.9 Å². The Hall–Kier alpha value is -4.92. The SMILES string of the molecule is COc1cccc(-c2nc(-c3cnccn3)nn2[C@@H]2O[C@H](COC(C)=O)[C@@H](OC(C)=O)[C@H](OC(C)=O)[C@H]2OC(C)=O)c1. The molecule has 1 aromatic carbocycles. The minimum absolute atomic E-state index is 0.147. The molecule has 0 radical (unpaired) electrons. The van der Waals surface area contributed by atoms with Crippen LogP contribution < -0.4 is 4.74 Å². The second kappa shape index (κ2) is 13.2. The van der Waals surface area contributed by atoms with Crippen molar-refractivity contribution in [2.75, 3.05) is 13.7 Å². The predicted molar refractivity (Wildman–Crippen MR) is 140 cm³/mol. The first kappa shape index (κ1) is 30.0. The molecule has 1 saturated heterocycles. The molecule has 42 heavy (non-hydrogen) atoms. The van der Waals surface area contributed by atoms with E-state index in [1.807, 2.05) is 0 Å². The van der Waals surface area contributed by atoms with Gasteiger partial charge < -0.3 is 28.4 Å². The van der Waals surface area contributed by atoms with Gasteiger partial charge in [-0.1, -0.05) is 12.1 Å². The summed E-state index contributed by atoms with van der Waals surface area (Å²) in [6, 6.07) is 6.92. The summed E-state index contributed by atoms with van der Waals surface area (Å²) in [7, 11) is 1.51. The summed E-state index contributed by atoms with van der Waals surface area (Å²) in [5.41, 5.74) is 0.857. The summed E-state index contributed by atoms with van der Waals surface area (Å²) in [5.74, 6) is -1.98. The first-order chi connectivity index (χ1) is 20.1. The van der Waals surface area contributed by atoms with Gasteiger partial charge in [0.1, 0.15) is 24.2 Å². The quantitative estimate of drug-likeness (QED) is 0.262. The van der Waals surface area contributed by atoms with Crippen LogP contribution in [0.2, 0.25) is 0 Å². The maximum atomic E-state index is 12.3. The average Bonchev–Trinajstić information content (AvgIpc) is 3.39. The fraction of sp³-hybridized carbons (Fsp3) is 0.407. The number of aromatic nitrogens is 5. The number of hydrogen-bond donors (Lipinski definition) is 0. The molecular formula is C27H29N5O10. The zero-order chi connectivity index (χ0) is 30.4. The normalized spacial score (nSPS) is 21.6. The van der Waals surface area contributed by atoms with Crippen LogP contribution in [0.3, 0.4) is 0 Å². The van der Waals surface area contributed by atoms with E-state index in [2.05, 4.69) is 20.1 Å². The number of benzene rings is 1. The number of rotatable bonds is 9. The van der Waals surface area contributed by atoms with E-state index in [4.69, 9.17) is 28.4 Å². The lowest BCUT2D eigenvalue weighted by atomic mass is 9.97. The van der Waals surface area contributed by atoms with Gasteiger partial charge in [-0.2, -0.15) is 0 Å². The average molecular weight is 584 g/mol. The summed E-state index contributed by atoms with van der Waals surface area (Å²) in [5, 5.41) is 4.61. The molecule has 0 aliphatic carbocycles. The highest BCUT2D eigenvalue weighted by Gasteiger charge is 2.53. The first-order valence-electron chi connectivity index (χ1n) is 12.7. The molecule has 1 fully saturated rings. The third-order valence-electron chi connectivity index (χ3n) is 5.96. The van der Waals surface area contributed by atoms with Gasteiger partial charge in [-0.3, -0.25) is 24.2 Å². The zero-order valence-electron chi connectivity index (χ0n) is 23.5. The second-order valence-corrected chi connectivity index (χ2v) is 9.12. The molecular weight excluding hydrogens is 554 g/mol. The van der Waals surface area contributed by atoms with Gasteiger partial charge in [-0.25, -0.2) is 14.6 Å². The Balaban J connectivity index is 1.92. The Morgan fingerprint density at radius 3 is 2.21 bits per heavy atom. The molecule has 0 N–H and O–H groups in total. The predicted octanol–water partition coefficient (Wildman–Crippen LogP) is 1.67. The van der Waals surface area contributed by atoms with Crippen molar-refractivity contribution in [1.82, 2.24) is 24.7 Å². The van der Waals surface area contributed by atoms with E-state index in [0.717, 1.165) is 20.8 Å². The molecule has 4 rings (SSSR count). The molecule has 3 aromatic rings. The Kier molecular flexibility index (Phi) is 9.42. The molecule has 15 nitrogen and oxygen atoms in total. The monoisotopic (exact) mass is 583 g/mol. The molecule has 15 heteroatoms. The Morgan fingerprint density at radius 2 is 1.60 bits per heavy atom. The number of hydrogen-bond acceptors (Lipinski definition) is 14. The van der Waals surface area contributed by atoms with Crippen molar-refractivity contribution in [3.8, 4) is 28.7 Å². The molecule has 3 heterocycles. The van der Waals surface area contributed by atoms with Gasteiger partial charge in [0.15, 0.2) is 30.4 Å². The van der Waals surface area contributed by atoms with Gasteiger partial charge in [0.25, 0.3) is 0 Å². The van der Waals surface area contributed by atoms with Crippen molar-refractivity contribution in [3.05, 3.63) is 42.9 Å². The topological polar surface area (TPSA) is 180 Å². The van der Waals surface area contributed by atoms with Crippen LogP contribution in [0.1, 0.15) is 33.9 Å². The van der Waals surface area contributed by atoms with Gasteiger partial charge in [0, 0.05) is 45.7 Å². The van der Waals surface area contributed by atoms with E-state index < -0.39 is 61.1 Å². The number of carbonyl (C=O) groups excluding carboxylic acids is 4. The van der Waals surface area contributed by atoms with Gasteiger partial charge in [-0.15, -0.1) is 5.10 Å². The highest BCUT2D eigenvalue weighted by atomic mass is 16.7. The minimum Gasteiger partial charge on any atom is -0.497 e. The van der Waals surface area contributed by atoms with Gasteiger partial charge in [0.05, 0.1) is 13.3 Å². The molecule has 222 valence electrons. The van der Waals surface area contributed by atoms with Crippen molar-refractivity contribution in [1.29, 1.82) is 0 Å². The fourth-order valence-electron chi connectivity index (χ4n) is 4.39. The van der Waals surface area contributed by atoms with Crippen LogP contribution >= 0.6 is 0 Å². The molecule has 5 atom stereocenters. The largest absolute Gasteiger partial charge is 0.497 e. The van der Waals surface area contributed by atoms with Crippen LogP contribution in [0.4, 0.5) is 0 Å². The molecule has 0 spiro atoms. The van der Waals surface area contributed by atoms with Crippen LogP contribution in [0, 0.1) is 0 Å². The number of esters is 4. The maximum absolute atomic E-state index is 12.3. The summed E-state index contributed by atoms with van der Waals surface area (Å²) < 4.78 is 34.8. The molecule has 0 saturated carbocycles. The van der Waals surface area contributed by atoms with E-state index >= 15 is 0 Å². The molecule has 0 bridgehead atoms. The lowest BCUT2D eigenvalue weighted by Crippen LogP contribution is -2.60. The standard InChI is InChI=1S/C27H29N5O10/c1-14(33)38-13-21-22(39-15(2)34)23(40-16(3)35)24(41-17(4)36)27(42-21)32-26(18-7-6-8-19(11-18)37-5)30-25(31-32)20-12-28-9-10-29-20/h6-12,21-24,27H,13H2,1-5H3/t21-,22-,23+,24-,27-/m1/s1. The smallest absolute Gasteiger partial charge is 0.303 e. The second-order valence-electron chi connectivity index (χ2n) is 9.12. The molecule has 2 aromatic heterocycles. The Labute approximate surface area is 240 Å². The van der Waals surface area contributed by atoms with Gasteiger partial charge in [0.2, 0.25) is 5.82 Å². The summed E-state index contributed by atoms with van der Waals surface area (Å²) in [6.45, 7) is 4.24. The number of ether oxygens (including phenoxy) is 6. The van der Waals surface area contributed by atoms with E-state index in [1.165, 1.54) is 37.3 Å². The molecule has 1 aliphatic rings. The molecule has 1 aliphatic heterocycles. The van der Waals surface area contributed by atoms with Crippen molar-refractivity contribution < 1.29 is 47.6 Å². The number of carbonyl (C=O) groups is 4. The highest BCUT2D eigenvalue weighted by molar-refractivity contribution is 5.69. The van der Waals surface area contributed by atoms with Crippen LogP contribution in [0.25, 0.3) is 22.9 Å². The lowest BCUT2D eigenvalue weighted by Gasteiger charge is -2.44. The van der Waals surface area contributed by atoms with Crippen molar-refractivity contribution in [2.24, 2.45) is 0 Å². The highest BCUT2D eigenvalue weighted by Crippen LogP contribution is 2.37. The Bertz CT molecular complexity index is 1450. The van der Waals surface area contributed by atoms with E-state index in [0.29, 0.717) is 17.0 Å². The summed E-state index contributed by atoms with van der Waals surface area (Å²) >= 11 is 0. The van der Waals surface area contributed by atoms with Crippen molar-refractivity contribution >= 4 is 23.9 Å². The lowest BCUT2D eigenvalue weighted by molar-refractivity contribution is -0.270. The fourth-order valence-corrected chi connectivity index (χ4v) is 4.39. The maximum Gasteiger partial charge on any atom is 0.303 e. The zero-order valence-corrected chi connectivity index (χ0v) is 23.5. The molecule has 0 unspecified atom stereocenters. The minimum atomic E-state index is -1.40. The third kappa shape index (κ3) is 7.04. The van der Waals surface area contributed by atoms with E-state index in [9.17, 15) is 19.2 Å². The van der Waals surface area contributed by atoms with E-state index in [-0.39, 0.29) is 11.6 Å². The van der Waals surface area contributed by atoms with Crippen molar-refractivity contribution in [2.45, 2.75) is 58.3 Å². The number of nitrogens with zero attached hydrogens (tertiary/aromatic N) is 5. The van der Waals surface area contributed by atoms with Crippen LogP contribution in [0.5, 0.6) is 5.75 Å². The third-order valence-corrected chi connectivity index (χ3v) is 5.96. The van der Waals surface area contributed by atoms with Gasteiger partial charge in [-0.05, 0) is 12.1 Å². The first-order valence-corrected chi connectivity index (χ1v) is 12.7. The van der Waals surface area contributed by atoms with Crippen molar-refractivity contribution in [3.63, 3.8) is 0 Å². The summed E-state index contributed by atoms with van der Waals surface area (Å²) in [6.07, 6.45) is -2.21. The number of methoxy groups -OCH3 is 1. The summed E-state index contributed by atoms with van der Waals surface area (Å²) in [4.78, 5) is 61.4. The van der Waals surface area contributed by atoms with Crippen LogP contribution in [-0.4, -0.2) is 86.7 Å². The molecule has 0 amide bonds. The van der Waals surface area contributed by atoms with Gasteiger partial charge >= 0.3 is 23.9 Å². The Morgan fingerprint density at radius 1 is 0.905 bits per heavy atom. The van der Waals surface area contributed by atoms with E-state index in [1.54, 1.807) is 24.3 Å². The van der Waals surface area contributed by atoms with Crippen LogP contribution in [0.15, 0.2) is 42.9 Å².